The van der Waals surface area contributed by atoms with E-state index in [2.05, 4.69) is 0 Å². The van der Waals surface area contributed by atoms with Crippen molar-refractivity contribution in [1.82, 2.24) is 0 Å². The monoisotopic (exact) mass is 534 g/mol. The van der Waals surface area contributed by atoms with Gasteiger partial charge in [0, 0.05) is 17.7 Å². The topological polar surface area (TPSA) is 72.7 Å². The highest BCUT2D eigenvalue weighted by Gasteiger charge is 2.36. The number of carbonyl (C=O) groups is 1. The van der Waals surface area contributed by atoms with Crippen molar-refractivity contribution in [3.05, 3.63) is 104 Å². The molecule has 36 heavy (non-hydrogen) atoms. The van der Waals surface area contributed by atoms with Crippen molar-refractivity contribution >= 4 is 51.7 Å². The van der Waals surface area contributed by atoms with Gasteiger partial charge in [0.15, 0.2) is 4.32 Å². The van der Waals surface area contributed by atoms with Gasteiger partial charge in [0.25, 0.3) is 11.6 Å². The predicted octanol–water partition coefficient (Wildman–Crippen LogP) is 6.74. The normalized spacial score (nSPS) is 15.0. The van der Waals surface area contributed by atoms with Gasteiger partial charge in [0.05, 0.1) is 21.1 Å². The molecule has 1 fully saturated rings. The van der Waals surface area contributed by atoms with Crippen LogP contribution >= 0.6 is 24.0 Å². The van der Waals surface area contributed by atoms with Crippen molar-refractivity contribution in [3.8, 4) is 5.75 Å². The second kappa shape index (κ2) is 10.1. The number of hydrogen-bond acceptors (Lipinski definition) is 6. The lowest BCUT2D eigenvalue weighted by Crippen LogP contribution is -2.27. The van der Waals surface area contributed by atoms with Gasteiger partial charge >= 0.3 is 6.18 Å². The Morgan fingerprint density at radius 1 is 1.08 bits per heavy atom. The van der Waals surface area contributed by atoms with Gasteiger partial charge < -0.3 is 4.74 Å². The molecular weight excluding hydrogens is 520 g/mol. The van der Waals surface area contributed by atoms with E-state index in [-0.39, 0.29) is 38.5 Å². The molecule has 1 aliphatic rings. The van der Waals surface area contributed by atoms with Crippen LogP contribution in [-0.4, -0.2) is 15.2 Å². The lowest BCUT2D eigenvalue weighted by molar-refractivity contribution is -0.384. The van der Waals surface area contributed by atoms with Gasteiger partial charge in [-0.05, 0) is 48.0 Å². The van der Waals surface area contributed by atoms with Crippen LogP contribution in [-0.2, 0) is 17.6 Å². The maximum absolute atomic E-state index is 13.1. The van der Waals surface area contributed by atoms with Crippen LogP contribution in [0.4, 0.5) is 28.9 Å². The summed E-state index contributed by atoms with van der Waals surface area (Å²) in [5.74, 6) is -0.896. The van der Waals surface area contributed by atoms with Gasteiger partial charge in [0.2, 0.25) is 0 Å². The van der Waals surface area contributed by atoms with Crippen LogP contribution in [0.5, 0.6) is 5.75 Å². The largest absolute Gasteiger partial charge is 0.488 e. The highest BCUT2D eigenvalue weighted by Crippen LogP contribution is 2.39. The Labute approximate surface area is 211 Å². The summed E-state index contributed by atoms with van der Waals surface area (Å²) in [6, 6.07) is 13.5. The number of alkyl halides is 3. The number of rotatable bonds is 6. The second-order valence-corrected chi connectivity index (χ2v) is 9.14. The second-order valence-electron chi connectivity index (χ2n) is 7.46. The van der Waals surface area contributed by atoms with Crippen molar-refractivity contribution in [2.24, 2.45) is 0 Å². The van der Waals surface area contributed by atoms with Crippen LogP contribution in [0, 0.1) is 15.9 Å². The number of benzene rings is 3. The summed E-state index contributed by atoms with van der Waals surface area (Å²) in [5, 5.41) is 11.3. The predicted molar refractivity (Wildman–Crippen MR) is 131 cm³/mol. The van der Waals surface area contributed by atoms with E-state index < -0.39 is 28.4 Å². The molecule has 6 nitrogen and oxygen atoms in total. The molecule has 0 bridgehead atoms. The third-order valence-electron chi connectivity index (χ3n) is 5.02. The molecule has 1 aliphatic heterocycles. The number of ether oxygens (including phenoxy) is 1. The molecule has 1 heterocycles. The molecular formula is C24H14F4N2O4S2. The summed E-state index contributed by atoms with van der Waals surface area (Å²) >= 11 is 6.08. The Kier molecular flexibility index (Phi) is 7.09. The number of nitro benzene ring substituents is 1. The van der Waals surface area contributed by atoms with Crippen LogP contribution in [0.2, 0.25) is 0 Å². The third kappa shape index (κ3) is 5.55. The van der Waals surface area contributed by atoms with E-state index in [1.54, 1.807) is 0 Å². The van der Waals surface area contributed by atoms with Crippen LogP contribution < -0.4 is 9.64 Å². The minimum absolute atomic E-state index is 0.00443. The van der Waals surface area contributed by atoms with E-state index in [1.807, 2.05) is 0 Å². The van der Waals surface area contributed by atoms with E-state index in [0.717, 1.165) is 28.8 Å². The van der Waals surface area contributed by atoms with Gasteiger partial charge in [-0.1, -0.05) is 42.2 Å². The molecule has 4 rings (SSSR count). The summed E-state index contributed by atoms with van der Waals surface area (Å²) in [4.78, 5) is 24.8. The van der Waals surface area contributed by atoms with Crippen molar-refractivity contribution in [3.63, 3.8) is 0 Å². The standard InChI is InChI=1S/C24H14F4N2O4S2/c25-17-6-4-14(5-7-17)13-34-20-9-8-19(30(32)33)10-15(20)11-21-22(31)29(23(35)36-21)18-3-1-2-16(12-18)24(26,27)28/h1-12H,13H2/b21-11-. The number of nitrogens with zero attached hydrogens (tertiary/aromatic N) is 2. The molecule has 3 aromatic rings. The number of thiocarbonyl (C=S) groups is 1. The molecule has 1 amide bonds. The molecule has 0 spiro atoms. The Morgan fingerprint density at radius 2 is 1.81 bits per heavy atom. The number of thioether (sulfide) groups is 1. The lowest BCUT2D eigenvalue weighted by atomic mass is 10.1. The molecule has 12 heteroatoms. The maximum atomic E-state index is 13.1. The van der Waals surface area contributed by atoms with E-state index in [0.29, 0.717) is 5.56 Å². The fourth-order valence-corrected chi connectivity index (χ4v) is 4.58. The minimum atomic E-state index is -4.61. The summed E-state index contributed by atoms with van der Waals surface area (Å²) < 4.78 is 58.3. The maximum Gasteiger partial charge on any atom is 0.416 e. The van der Waals surface area contributed by atoms with Gasteiger partial charge in [0.1, 0.15) is 18.2 Å². The van der Waals surface area contributed by atoms with E-state index in [1.165, 1.54) is 60.7 Å². The van der Waals surface area contributed by atoms with Crippen LogP contribution in [0.1, 0.15) is 16.7 Å². The van der Waals surface area contributed by atoms with Crippen molar-refractivity contribution in [1.29, 1.82) is 0 Å². The van der Waals surface area contributed by atoms with Gasteiger partial charge in [-0.25, -0.2) is 4.39 Å². The summed E-state index contributed by atoms with van der Waals surface area (Å²) in [5.41, 5.74) is -0.424. The van der Waals surface area contributed by atoms with Crippen molar-refractivity contribution in [2.75, 3.05) is 4.90 Å². The number of amides is 1. The molecule has 1 saturated heterocycles. The van der Waals surface area contributed by atoms with Gasteiger partial charge in [-0.3, -0.25) is 19.8 Å². The van der Waals surface area contributed by atoms with Crippen molar-refractivity contribution < 1.29 is 32.0 Å². The first kappa shape index (κ1) is 25.3. The highest BCUT2D eigenvalue weighted by atomic mass is 32.2. The Balaban J connectivity index is 1.66. The quantitative estimate of drug-likeness (QED) is 0.115. The third-order valence-corrected chi connectivity index (χ3v) is 6.33. The minimum Gasteiger partial charge on any atom is -0.488 e. The van der Waals surface area contributed by atoms with Crippen LogP contribution in [0.15, 0.2) is 71.6 Å². The average molecular weight is 535 g/mol. The number of hydrogen-bond donors (Lipinski definition) is 0. The molecule has 184 valence electrons. The first-order valence-corrected chi connectivity index (χ1v) is 11.4. The van der Waals surface area contributed by atoms with Crippen LogP contribution in [0.3, 0.4) is 0 Å². The number of nitro groups is 1. The molecule has 0 radical (unpaired) electrons. The number of non-ortho nitro benzene ring substituents is 1. The molecule has 0 aliphatic carbocycles. The Bertz CT molecular complexity index is 1390. The molecule has 3 aromatic carbocycles. The van der Waals surface area contributed by atoms with Gasteiger partial charge in [-0.2, -0.15) is 13.2 Å². The molecule has 0 unspecified atom stereocenters. The first-order chi connectivity index (χ1) is 17.0. The Morgan fingerprint density at radius 3 is 2.47 bits per heavy atom. The zero-order chi connectivity index (χ0) is 26.0. The fourth-order valence-electron chi connectivity index (χ4n) is 3.29. The molecule has 0 atom stereocenters. The number of carbonyl (C=O) groups excluding carboxylic acids is 1. The number of halogens is 4. The average Bonchev–Trinajstić information content (AvgIpc) is 3.11. The van der Waals surface area contributed by atoms with E-state index in [4.69, 9.17) is 17.0 Å². The number of anilines is 1. The van der Waals surface area contributed by atoms with Crippen LogP contribution in [0.25, 0.3) is 6.08 Å². The first-order valence-electron chi connectivity index (χ1n) is 10.1. The molecule has 0 saturated carbocycles. The van der Waals surface area contributed by atoms with E-state index in [9.17, 15) is 32.5 Å². The molecule has 0 aromatic heterocycles. The Hall–Kier alpha value is -3.77. The fraction of sp³-hybridized carbons (Fsp3) is 0.0833. The SMILES string of the molecule is O=C1/C(=C/c2cc([N+](=O)[O-])ccc2OCc2ccc(F)cc2)SC(=S)N1c1cccc(C(F)(F)F)c1. The highest BCUT2D eigenvalue weighted by molar-refractivity contribution is 8.27. The summed E-state index contributed by atoms with van der Waals surface area (Å²) in [6.07, 6.45) is -3.27. The van der Waals surface area contributed by atoms with Gasteiger partial charge in [-0.15, -0.1) is 0 Å². The zero-order valence-electron chi connectivity index (χ0n) is 18.0. The van der Waals surface area contributed by atoms with Crippen molar-refractivity contribution in [2.45, 2.75) is 12.8 Å². The van der Waals surface area contributed by atoms with E-state index >= 15 is 0 Å². The smallest absolute Gasteiger partial charge is 0.416 e. The summed E-state index contributed by atoms with van der Waals surface area (Å²) in [7, 11) is 0. The zero-order valence-corrected chi connectivity index (χ0v) is 19.6. The lowest BCUT2D eigenvalue weighted by Gasteiger charge is -2.16. The molecule has 0 N–H and O–H groups in total. The summed E-state index contributed by atoms with van der Waals surface area (Å²) in [6.45, 7) is 0.0180.